The smallest absolute Gasteiger partial charge is 0.272 e. The zero-order valence-corrected chi connectivity index (χ0v) is 15.9. The highest BCUT2D eigenvalue weighted by atomic mass is 16.2. The number of carbonyl (C=O) groups is 1. The third-order valence-corrected chi connectivity index (χ3v) is 4.17. The Kier molecular flexibility index (Phi) is 5.81. The average molecular weight is 360 g/mol. The second-order valence-electron chi connectivity index (χ2n) is 7.07. The maximum absolute atomic E-state index is 12.2. The van der Waals surface area contributed by atoms with Gasteiger partial charge >= 0.3 is 0 Å². The van der Waals surface area contributed by atoms with Gasteiger partial charge in [0.2, 0.25) is 0 Å². The summed E-state index contributed by atoms with van der Waals surface area (Å²) < 4.78 is 0. The van der Waals surface area contributed by atoms with E-state index in [9.17, 15) is 4.79 Å². The number of amides is 1. The van der Waals surface area contributed by atoms with Crippen molar-refractivity contribution in [1.82, 2.24) is 15.6 Å². The Hall–Kier alpha value is -3.21. The summed E-state index contributed by atoms with van der Waals surface area (Å²) in [6.07, 6.45) is 2.66. The molecule has 0 bridgehead atoms. The van der Waals surface area contributed by atoms with Crippen LogP contribution < -0.4 is 5.43 Å². The van der Waals surface area contributed by atoms with Crippen LogP contribution in [0.25, 0.3) is 11.3 Å². The number of aromatic amines is 1. The van der Waals surface area contributed by atoms with E-state index in [4.69, 9.17) is 0 Å². The summed E-state index contributed by atoms with van der Waals surface area (Å²) in [7, 11) is 0. The summed E-state index contributed by atoms with van der Waals surface area (Å²) in [6, 6.07) is 17.9. The fourth-order valence-corrected chi connectivity index (χ4v) is 2.75. The highest BCUT2D eigenvalue weighted by Gasteiger charge is 2.10. The van der Waals surface area contributed by atoms with Gasteiger partial charge in [0.15, 0.2) is 0 Å². The summed E-state index contributed by atoms with van der Waals surface area (Å²) in [5, 5.41) is 11.0. The lowest BCUT2D eigenvalue weighted by molar-refractivity contribution is 0.0950. The highest BCUT2D eigenvalue weighted by Crippen LogP contribution is 2.19. The van der Waals surface area contributed by atoms with Crippen LogP contribution in [0.5, 0.6) is 0 Å². The molecule has 0 aliphatic heterocycles. The van der Waals surface area contributed by atoms with Crippen LogP contribution in [0.4, 0.5) is 0 Å². The zero-order chi connectivity index (χ0) is 19.2. The largest absolute Gasteiger partial charge is 0.289 e. The van der Waals surface area contributed by atoms with E-state index in [2.05, 4.69) is 46.7 Å². The quantitative estimate of drug-likeness (QED) is 0.507. The lowest BCUT2D eigenvalue weighted by atomic mass is 10.0. The molecule has 2 aromatic carbocycles. The molecule has 5 nitrogen and oxygen atoms in total. The van der Waals surface area contributed by atoms with E-state index in [0.717, 1.165) is 23.2 Å². The van der Waals surface area contributed by atoms with Crippen LogP contribution in [-0.4, -0.2) is 22.3 Å². The third kappa shape index (κ3) is 5.14. The van der Waals surface area contributed by atoms with Gasteiger partial charge in [-0.1, -0.05) is 67.9 Å². The van der Waals surface area contributed by atoms with Crippen LogP contribution >= 0.6 is 0 Å². The minimum atomic E-state index is -0.325. The van der Waals surface area contributed by atoms with Crippen LogP contribution in [0.3, 0.4) is 0 Å². The van der Waals surface area contributed by atoms with Gasteiger partial charge in [-0.3, -0.25) is 9.89 Å². The lowest BCUT2D eigenvalue weighted by Gasteiger charge is -2.05. The SMILES string of the molecule is Cc1ccc(/C=N\NC(=O)c2cc(-c3ccc(CC(C)C)cc3)n[nH]2)cc1. The Morgan fingerprint density at radius 1 is 1.15 bits per heavy atom. The average Bonchev–Trinajstić information content (AvgIpc) is 3.14. The molecule has 0 unspecified atom stereocenters. The maximum Gasteiger partial charge on any atom is 0.289 e. The van der Waals surface area contributed by atoms with E-state index in [1.807, 2.05) is 43.3 Å². The van der Waals surface area contributed by atoms with Crippen molar-refractivity contribution in [3.05, 3.63) is 77.0 Å². The molecule has 0 aliphatic rings. The molecule has 0 fully saturated rings. The van der Waals surface area contributed by atoms with Gasteiger partial charge in [-0.05, 0) is 36.5 Å². The first-order valence-electron chi connectivity index (χ1n) is 9.06. The topological polar surface area (TPSA) is 70.1 Å². The van der Waals surface area contributed by atoms with Crippen molar-refractivity contribution < 1.29 is 4.79 Å². The van der Waals surface area contributed by atoms with Gasteiger partial charge in [-0.25, -0.2) is 5.43 Å². The molecule has 1 amide bonds. The van der Waals surface area contributed by atoms with E-state index < -0.39 is 0 Å². The van der Waals surface area contributed by atoms with Crippen LogP contribution in [-0.2, 0) is 6.42 Å². The van der Waals surface area contributed by atoms with E-state index in [-0.39, 0.29) is 5.91 Å². The van der Waals surface area contributed by atoms with Gasteiger partial charge in [0.05, 0.1) is 11.9 Å². The molecule has 0 radical (unpaired) electrons. The van der Waals surface area contributed by atoms with E-state index in [0.29, 0.717) is 11.6 Å². The molecular weight excluding hydrogens is 336 g/mol. The molecule has 1 heterocycles. The van der Waals surface area contributed by atoms with Gasteiger partial charge in [0.25, 0.3) is 5.91 Å². The minimum Gasteiger partial charge on any atom is -0.272 e. The number of hydrazone groups is 1. The Morgan fingerprint density at radius 2 is 1.85 bits per heavy atom. The van der Waals surface area contributed by atoms with E-state index >= 15 is 0 Å². The molecule has 0 aliphatic carbocycles. The first-order valence-corrected chi connectivity index (χ1v) is 9.06. The standard InChI is InChI=1S/C22H24N4O/c1-15(2)12-17-8-10-19(11-9-17)20-13-21(25-24-20)22(27)26-23-14-18-6-4-16(3)5-7-18/h4-11,13-15H,12H2,1-3H3,(H,24,25)(H,26,27)/b23-14-. The first kappa shape index (κ1) is 18.6. The van der Waals surface area contributed by atoms with Crippen LogP contribution in [0.1, 0.15) is 41.0 Å². The number of hydrogen-bond donors (Lipinski definition) is 2. The summed E-state index contributed by atoms with van der Waals surface area (Å²) in [5.41, 5.74) is 8.00. The number of rotatable bonds is 6. The fraction of sp³-hybridized carbons (Fsp3) is 0.227. The molecule has 0 spiro atoms. The van der Waals surface area contributed by atoms with Gasteiger partial charge in [-0.15, -0.1) is 0 Å². The molecular formula is C22H24N4O. The van der Waals surface area contributed by atoms with E-state index in [1.165, 1.54) is 11.1 Å². The van der Waals surface area contributed by atoms with Crippen molar-refractivity contribution in [3.8, 4) is 11.3 Å². The number of H-pyrrole nitrogens is 1. The van der Waals surface area contributed by atoms with Crippen molar-refractivity contribution >= 4 is 12.1 Å². The fourth-order valence-electron chi connectivity index (χ4n) is 2.75. The number of aromatic nitrogens is 2. The van der Waals surface area contributed by atoms with Crippen molar-refractivity contribution in [3.63, 3.8) is 0 Å². The number of aryl methyl sites for hydroxylation is 1. The van der Waals surface area contributed by atoms with Crippen LogP contribution in [0.2, 0.25) is 0 Å². The molecule has 5 heteroatoms. The van der Waals surface area contributed by atoms with Crippen molar-refractivity contribution in [2.24, 2.45) is 11.0 Å². The molecule has 138 valence electrons. The first-order chi connectivity index (χ1) is 13.0. The second-order valence-corrected chi connectivity index (χ2v) is 7.07. The molecule has 0 atom stereocenters. The molecule has 0 saturated carbocycles. The maximum atomic E-state index is 12.2. The number of nitrogens with zero attached hydrogens (tertiary/aromatic N) is 2. The molecule has 0 saturated heterocycles. The van der Waals surface area contributed by atoms with Gasteiger partial charge in [-0.2, -0.15) is 10.2 Å². The predicted octanol–water partition coefficient (Wildman–Crippen LogP) is 4.35. The second kappa shape index (κ2) is 8.45. The minimum absolute atomic E-state index is 0.325. The Bertz CT molecular complexity index is 922. The monoisotopic (exact) mass is 360 g/mol. The molecule has 3 rings (SSSR count). The molecule has 2 N–H and O–H groups in total. The van der Waals surface area contributed by atoms with Gasteiger partial charge < -0.3 is 0 Å². The van der Waals surface area contributed by atoms with Gasteiger partial charge in [0.1, 0.15) is 5.69 Å². The van der Waals surface area contributed by atoms with Gasteiger partial charge in [0, 0.05) is 5.56 Å². The lowest BCUT2D eigenvalue weighted by Crippen LogP contribution is -2.17. The number of nitrogens with one attached hydrogen (secondary N) is 2. The number of carbonyl (C=O) groups excluding carboxylic acids is 1. The Labute approximate surface area is 159 Å². The van der Waals surface area contributed by atoms with Crippen molar-refractivity contribution in [1.29, 1.82) is 0 Å². The third-order valence-electron chi connectivity index (χ3n) is 4.17. The number of benzene rings is 2. The van der Waals surface area contributed by atoms with Crippen molar-refractivity contribution in [2.45, 2.75) is 27.2 Å². The van der Waals surface area contributed by atoms with E-state index in [1.54, 1.807) is 12.3 Å². The normalized spacial score (nSPS) is 11.3. The van der Waals surface area contributed by atoms with Crippen LogP contribution in [0.15, 0.2) is 59.7 Å². The summed E-state index contributed by atoms with van der Waals surface area (Å²) in [6.45, 7) is 6.43. The molecule has 1 aromatic heterocycles. The predicted molar refractivity (Wildman–Crippen MR) is 109 cm³/mol. The Morgan fingerprint density at radius 3 is 2.52 bits per heavy atom. The Balaban J connectivity index is 1.62. The number of hydrogen-bond acceptors (Lipinski definition) is 3. The summed E-state index contributed by atoms with van der Waals surface area (Å²) >= 11 is 0. The molecule has 3 aromatic rings. The molecule has 27 heavy (non-hydrogen) atoms. The zero-order valence-electron chi connectivity index (χ0n) is 15.9. The van der Waals surface area contributed by atoms with Crippen LogP contribution in [0, 0.1) is 12.8 Å². The summed E-state index contributed by atoms with van der Waals surface area (Å²) in [4.78, 5) is 12.2. The summed E-state index contributed by atoms with van der Waals surface area (Å²) in [5.74, 6) is 0.297. The highest BCUT2D eigenvalue weighted by molar-refractivity contribution is 5.94. The van der Waals surface area contributed by atoms with Crippen molar-refractivity contribution in [2.75, 3.05) is 0 Å².